The van der Waals surface area contributed by atoms with E-state index in [9.17, 15) is 9.59 Å². The Hall–Kier alpha value is -2.12. The Kier molecular flexibility index (Phi) is 8.93. The Bertz CT molecular complexity index is 902. The summed E-state index contributed by atoms with van der Waals surface area (Å²) in [6.07, 6.45) is 9.15. The van der Waals surface area contributed by atoms with Crippen molar-refractivity contribution in [2.45, 2.75) is 51.2 Å². The van der Waals surface area contributed by atoms with Crippen LogP contribution in [-0.4, -0.2) is 49.8 Å². The maximum absolute atomic E-state index is 12.8. The van der Waals surface area contributed by atoms with Crippen LogP contribution in [0.25, 0.3) is 0 Å². The van der Waals surface area contributed by atoms with Crippen LogP contribution in [0, 0.1) is 0 Å². The average Bonchev–Trinajstić information content (AvgIpc) is 2.76. The van der Waals surface area contributed by atoms with E-state index in [0.717, 1.165) is 41.9 Å². The maximum atomic E-state index is 12.8. The molecule has 1 saturated heterocycles. The summed E-state index contributed by atoms with van der Waals surface area (Å²) in [7, 11) is 3.34. The molecule has 8 heteroatoms. The van der Waals surface area contributed by atoms with E-state index in [1.165, 1.54) is 0 Å². The van der Waals surface area contributed by atoms with Gasteiger partial charge in [-0.2, -0.15) is 11.8 Å². The van der Waals surface area contributed by atoms with Gasteiger partial charge in [0.2, 0.25) is 5.91 Å². The molecule has 3 rings (SSSR count). The van der Waals surface area contributed by atoms with Gasteiger partial charge in [0.1, 0.15) is 16.9 Å². The van der Waals surface area contributed by atoms with E-state index in [4.69, 9.17) is 21.1 Å². The Morgan fingerprint density at radius 1 is 1.31 bits per heavy atom. The van der Waals surface area contributed by atoms with E-state index in [0.29, 0.717) is 29.3 Å². The summed E-state index contributed by atoms with van der Waals surface area (Å²) in [6.45, 7) is 2.06. The summed E-state index contributed by atoms with van der Waals surface area (Å²) in [6, 6.07) is 3.96. The van der Waals surface area contributed by atoms with Crippen molar-refractivity contribution in [2.24, 2.45) is 0 Å². The summed E-state index contributed by atoms with van der Waals surface area (Å²) in [4.78, 5) is 26.3. The number of anilines is 1. The second-order valence-corrected chi connectivity index (χ2v) is 9.75. The van der Waals surface area contributed by atoms with E-state index in [1.54, 1.807) is 30.8 Å². The Labute approximate surface area is 199 Å². The third kappa shape index (κ3) is 6.69. The first kappa shape index (κ1) is 24.5. The molecule has 0 saturated carbocycles. The Morgan fingerprint density at radius 2 is 2.12 bits per heavy atom. The number of halogens is 1. The number of benzene rings is 1. The second kappa shape index (κ2) is 11.7. The number of fused-ring (bicyclic) bond motifs is 4. The summed E-state index contributed by atoms with van der Waals surface area (Å²) < 4.78 is 10.9. The zero-order valence-electron chi connectivity index (χ0n) is 18.9. The number of amides is 2. The van der Waals surface area contributed by atoms with Crippen LogP contribution in [0.4, 0.5) is 10.5 Å². The maximum Gasteiger partial charge on any atom is 0.407 e. The summed E-state index contributed by atoms with van der Waals surface area (Å²) >= 11 is 8.25. The number of thioether (sulfide) groups is 1. The van der Waals surface area contributed by atoms with E-state index < -0.39 is 0 Å². The quantitative estimate of drug-likeness (QED) is 0.605. The lowest BCUT2D eigenvalue weighted by Gasteiger charge is -2.29. The number of hydrogen-bond acceptors (Lipinski definition) is 5. The fourth-order valence-corrected chi connectivity index (χ4v) is 5.16. The van der Waals surface area contributed by atoms with Crippen molar-refractivity contribution in [3.8, 4) is 5.75 Å². The summed E-state index contributed by atoms with van der Waals surface area (Å²) in [5.74, 6) is 2.13. The van der Waals surface area contributed by atoms with Crippen molar-refractivity contribution in [3.05, 3.63) is 46.5 Å². The fraction of sp³-hybridized carbons (Fsp3) is 0.500. The minimum atomic E-state index is -0.347. The first-order chi connectivity index (χ1) is 15.4. The number of nitrogens with zero attached hydrogens (tertiary/aromatic N) is 1. The van der Waals surface area contributed by atoms with E-state index in [-0.39, 0.29) is 24.1 Å². The third-order valence-corrected chi connectivity index (χ3v) is 7.15. The van der Waals surface area contributed by atoms with Crippen LogP contribution in [-0.2, 0) is 16.0 Å². The van der Waals surface area contributed by atoms with Gasteiger partial charge in [-0.15, -0.1) is 0 Å². The molecule has 0 aromatic heterocycles. The van der Waals surface area contributed by atoms with Crippen LogP contribution in [0.5, 0.6) is 5.75 Å². The van der Waals surface area contributed by atoms with Crippen LogP contribution < -0.4 is 15.0 Å². The van der Waals surface area contributed by atoms with E-state index >= 15 is 0 Å². The van der Waals surface area contributed by atoms with E-state index in [2.05, 4.69) is 24.4 Å². The second-order valence-electron chi connectivity index (χ2n) is 8.22. The lowest BCUT2D eigenvalue weighted by Crippen LogP contribution is -2.46. The van der Waals surface area contributed by atoms with Gasteiger partial charge >= 0.3 is 6.09 Å². The van der Waals surface area contributed by atoms with Crippen molar-refractivity contribution in [2.75, 3.05) is 30.6 Å². The van der Waals surface area contributed by atoms with Crippen LogP contribution in [0.1, 0.15) is 38.2 Å². The van der Waals surface area contributed by atoms with Crippen molar-refractivity contribution in [1.29, 1.82) is 0 Å². The van der Waals surface area contributed by atoms with Crippen LogP contribution in [0.2, 0.25) is 5.02 Å². The topological polar surface area (TPSA) is 67.9 Å². The Balaban J connectivity index is 1.84. The molecule has 0 radical (unpaired) electrons. The molecule has 1 N–H and O–H groups in total. The highest BCUT2D eigenvalue weighted by atomic mass is 35.5. The monoisotopic (exact) mass is 478 g/mol. The number of carbonyl (C=O) groups excluding carboxylic acids is 2. The molecule has 2 aliphatic rings. The van der Waals surface area contributed by atoms with Gasteiger partial charge in [0.25, 0.3) is 0 Å². The fourth-order valence-electron chi connectivity index (χ4n) is 3.87. The Morgan fingerprint density at radius 3 is 2.91 bits per heavy atom. The molecule has 4 bridgehead atoms. The SMILES string of the molecule is COc1cc2cc(c1Cl)N(C)C(=O)CCCSCC1CC(C/C=C/C=C(\C)C2)NC(=O)O1. The van der Waals surface area contributed by atoms with Crippen LogP contribution >= 0.6 is 23.4 Å². The number of methoxy groups -OCH3 is 1. The van der Waals surface area contributed by atoms with Crippen molar-refractivity contribution in [3.63, 3.8) is 0 Å². The molecule has 2 heterocycles. The molecule has 0 aliphatic carbocycles. The number of alkyl carbamates (subject to hydrolysis) is 1. The number of ether oxygens (including phenoxy) is 2. The van der Waals surface area contributed by atoms with Crippen molar-refractivity contribution >= 4 is 41.1 Å². The number of nitrogens with one attached hydrogen (secondary N) is 1. The summed E-state index contributed by atoms with van der Waals surface area (Å²) in [5, 5.41) is 3.34. The average molecular weight is 479 g/mol. The minimum absolute atomic E-state index is 0.00757. The van der Waals surface area contributed by atoms with Gasteiger partial charge in [0, 0.05) is 31.7 Å². The van der Waals surface area contributed by atoms with Crippen LogP contribution in [0.3, 0.4) is 0 Å². The number of hydrogen-bond donors (Lipinski definition) is 1. The van der Waals surface area contributed by atoms with Crippen LogP contribution in [0.15, 0.2) is 35.9 Å². The molecule has 174 valence electrons. The zero-order valence-corrected chi connectivity index (χ0v) is 20.4. The predicted molar refractivity (Wildman–Crippen MR) is 131 cm³/mol. The molecule has 0 spiro atoms. The molecule has 6 nitrogen and oxygen atoms in total. The molecule has 1 fully saturated rings. The highest BCUT2D eigenvalue weighted by Gasteiger charge is 2.27. The number of rotatable bonds is 1. The first-order valence-corrected chi connectivity index (χ1v) is 12.4. The lowest BCUT2D eigenvalue weighted by molar-refractivity contribution is -0.118. The zero-order chi connectivity index (χ0) is 23.1. The normalized spacial score (nSPS) is 25.9. The highest BCUT2D eigenvalue weighted by molar-refractivity contribution is 7.99. The predicted octanol–water partition coefficient (Wildman–Crippen LogP) is 5.14. The van der Waals surface area contributed by atoms with Gasteiger partial charge < -0.3 is 19.7 Å². The molecular weight excluding hydrogens is 448 g/mol. The van der Waals surface area contributed by atoms with E-state index in [1.807, 2.05) is 18.2 Å². The number of allylic oxidation sites excluding steroid dienone is 3. The molecule has 2 atom stereocenters. The van der Waals surface area contributed by atoms with Crippen molar-refractivity contribution in [1.82, 2.24) is 5.32 Å². The lowest BCUT2D eigenvalue weighted by atomic mass is 10.0. The number of carbonyl (C=O) groups is 2. The molecule has 1 aromatic rings. The van der Waals surface area contributed by atoms with Gasteiger partial charge in [-0.25, -0.2) is 4.79 Å². The van der Waals surface area contributed by atoms with Gasteiger partial charge in [-0.05, 0) is 49.6 Å². The molecule has 2 amide bonds. The first-order valence-electron chi connectivity index (χ1n) is 10.9. The van der Waals surface area contributed by atoms with Gasteiger partial charge in [-0.1, -0.05) is 35.4 Å². The standard InChI is InChI=1S/C24H31ClN2O4S/c1-16-7-4-5-8-18-14-19(31-24(29)26-18)15-32-10-6-9-22(28)27(2)20-12-17(11-16)13-21(30-3)23(20)25/h4-5,7,12-13,18-19H,6,8-11,14-15H2,1-3H3,(H,26,29)/b5-4+,16-7+. The summed E-state index contributed by atoms with van der Waals surface area (Å²) in [5.41, 5.74) is 2.84. The smallest absolute Gasteiger partial charge is 0.407 e. The largest absolute Gasteiger partial charge is 0.495 e. The molecule has 2 aliphatic heterocycles. The molecule has 32 heavy (non-hydrogen) atoms. The van der Waals surface area contributed by atoms with Gasteiger partial charge in [0.15, 0.2) is 0 Å². The highest BCUT2D eigenvalue weighted by Crippen LogP contribution is 2.36. The molecule has 1 aromatic carbocycles. The molecule has 2 unspecified atom stereocenters. The van der Waals surface area contributed by atoms with Gasteiger partial charge in [0.05, 0.1) is 12.8 Å². The van der Waals surface area contributed by atoms with Gasteiger partial charge in [-0.3, -0.25) is 4.79 Å². The minimum Gasteiger partial charge on any atom is -0.495 e. The van der Waals surface area contributed by atoms with Crippen molar-refractivity contribution < 1.29 is 19.1 Å². The molecular formula is C24H31ClN2O4S. The third-order valence-electron chi connectivity index (χ3n) is 5.58.